The molecule has 0 aliphatic heterocycles. The van der Waals surface area contributed by atoms with Crippen molar-refractivity contribution in [3.63, 3.8) is 0 Å². The van der Waals surface area contributed by atoms with Gasteiger partial charge in [0, 0.05) is 25.4 Å². The maximum atomic E-state index is 12.8. The van der Waals surface area contributed by atoms with Crippen LogP contribution in [-0.2, 0) is 7.05 Å². The molecule has 0 aliphatic rings. The first kappa shape index (κ1) is 22.8. The molecule has 176 valence electrons. The van der Waals surface area contributed by atoms with Gasteiger partial charge in [-0.25, -0.2) is 15.0 Å². The zero-order chi connectivity index (χ0) is 24.2. The van der Waals surface area contributed by atoms with Gasteiger partial charge in [0.25, 0.3) is 5.89 Å². The Labute approximate surface area is 196 Å². The topological polar surface area (TPSA) is 129 Å². The molecule has 0 fully saturated rings. The van der Waals surface area contributed by atoms with Crippen molar-refractivity contribution in [2.24, 2.45) is 7.05 Å². The highest BCUT2D eigenvalue weighted by Crippen LogP contribution is 2.27. The molecule has 1 aromatic carbocycles. The largest absolute Gasteiger partial charge is 0.497 e. The molecule has 4 aromatic rings. The first-order chi connectivity index (χ1) is 16.4. The van der Waals surface area contributed by atoms with E-state index in [9.17, 15) is 4.79 Å². The van der Waals surface area contributed by atoms with Crippen LogP contribution in [0.25, 0.3) is 11.4 Å². The summed E-state index contributed by atoms with van der Waals surface area (Å²) < 4.78 is 17.7. The molecule has 34 heavy (non-hydrogen) atoms. The average Bonchev–Trinajstić information content (AvgIpc) is 3.49. The van der Waals surface area contributed by atoms with Gasteiger partial charge in [-0.3, -0.25) is 9.48 Å². The maximum Gasteiger partial charge on any atom is 0.307 e. The summed E-state index contributed by atoms with van der Waals surface area (Å²) in [7, 11) is 4.95. The van der Waals surface area contributed by atoms with Crippen molar-refractivity contribution < 1.29 is 18.7 Å². The third-order valence-electron chi connectivity index (χ3n) is 5.19. The fourth-order valence-electron chi connectivity index (χ4n) is 3.28. The van der Waals surface area contributed by atoms with Crippen LogP contribution < -0.4 is 20.1 Å². The molecule has 1 atom stereocenters. The Hall–Kier alpha value is -4.41. The zero-order valence-corrected chi connectivity index (χ0v) is 19.5. The lowest BCUT2D eigenvalue weighted by Crippen LogP contribution is -2.27. The van der Waals surface area contributed by atoms with Gasteiger partial charge in [0.1, 0.15) is 35.0 Å². The summed E-state index contributed by atoms with van der Waals surface area (Å²) in [6.45, 7) is 3.71. The Balaban J connectivity index is 1.51. The van der Waals surface area contributed by atoms with Crippen LogP contribution in [0.3, 0.4) is 0 Å². The standard InChI is InChI=1S/C23H25N7O4/c1-13-11-24-23(28-19-6-7-25-30(19)3)29-20(13)18-12-34-22(27-18)21(31)26-14(2)15-8-16(32-4)10-17(9-15)33-5/h6-12,14H,1-5H3,(H,26,31)(H,24,28,29)/t14-/m0/s1. The van der Waals surface area contributed by atoms with Crippen LogP contribution in [0.5, 0.6) is 11.5 Å². The van der Waals surface area contributed by atoms with E-state index in [1.807, 2.05) is 33.0 Å². The van der Waals surface area contributed by atoms with Gasteiger partial charge in [0.05, 0.1) is 26.5 Å². The predicted molar refractivity (Wildman–Crippen MR) is 124 cm³/mol. The Morgan fingerprint density at radius 3 is 2.53 bits per heavy atom. The number of aryl methyl sites for hydroxylation is 2. The number of hydrogen-bond acceptors (Lipinski definition) is 9. The number of hydrogen-bond donors (Lipinski definition) is 2. The van der Waals surface area contributed by atoms with Crippen LogP contribution in [0.1, 0.15) is 34.8 Å². The van der Waals surface area contributed by atoms with E-state index in [0.717, 1.165) is 16.9 Å². The van der Waals surface area contributed by atoms with E-state index in [1.54, 1.807) is 43.4 Å². The third-order valence-corrected chi connectivity index (χ3v) is 5.19. The summed E-state index contributed by atoms with van der Waals surface area (Å²) in [6, 6.07) is 6.88. The normalized spacial score (nSPS) is 11.7. The van der Waals surface area contributed by atoms with E-state index >= 15 is 0 Å². The summed E-state index contributed by atoms with van der Waals surface area (Å²) in [5, 5.41) is 10.1. The number of nitrogens with one attached hydrogen (secondary N) is 2. The quantitative estimate of drug-likeness (QED) is 0.404. The number of oxazole rings is 1. The molecule has 11 heteroatoms. The van der Waals surface area contributed by atoms with Crippen LogP contribution in [0.15, 0.2) is 47.3 Å². The lowest BCUT2D eigenvalue weighted by Gasteiger charge is -2.15. The van der Waals surface area contributed by atoms with Crippen molar-refractivity contribution in [2.45, 2.75) is 19.9 Å². The first-order valence-corrected chi connectivity index (χ1v) is 10.5. The SMILES string of the molecule is COc1cc(OC)cc([C@H](C)NC(=O)c2nc(-c3nc(Nc4ccnn4C)ncc3C)co2)c1. The minimum Gasteiger partial charge on any atom is -0.497 e. The Bertz CT molecular complexity index is 1290. The van der Waals surface area contributed by atoms with Crippen LogP contribution in [0.2, 0.25) is 0 Å². The molecule has 0 saturated carbocycles. The van der Waals surface area contributed by atoms with Crippen LogP contribution in [-0.4, -0.2) is 44.9 Å². The van der Waals surface area contributed by atoms with Gasteiger partial charge in [-0.1, -0.05) is 0 Å². The van der Waals surface area contributed by atoms with Crippen molar-refractivity contribution in [3.05, 3.63) is 59.9 Å². The summed E-state index contributed by atoms with van der Waals surface area (Å²) >= 11 is 0. The van der Waals surface area contributed by atoms with Gasteiger partial charge < -0.3 is 24.5 Å². The van der Waals surface area contributed by atoms with E-state index < -0.39 is 5.91 Å². The van der Waals surface area contributed by atoms with E-state index in [4.69, 9.17) is 13.9 Å². The van der Waals surface area contributed by atoms with E-state index in [1.165, 1.54) is 6.26 Å². The monoisotopic (exact) mass is 463 g/mol. The van der Waals surface area contributed by atoms with Gasteiger partial charge in [-0.2, -0.15) is 5.10 Å². The fourth-order valence-corrected chi connectivity index (χ4v) is 3.28. The van der Waals surface area contributed by atoms with Gasteiger partial charge >= 0.3 is 5.91 Å². The van der Waals surface area contributed by atoms with E-state index in [0.29, 0.717) is 28.8 Å². The maximum absolute atomic E-state index is 12.8. The molecule has 0 unspecified atom stereocenters. The smallest absolute Gasteiger partial charge is 0.307 e. The molecule has 3 aromatic heterocycles. The molecule has 0 aliphatic carbocycles. The lowest BCUT2D eigenvalue weighted by atomic mass is 10.1. The molecule has 0 saturated heterocycles. The minimum atomic E-state index is -0.458. The summed E-state index contributed by atoms with van der Waals surface area (Å²) in [5.74, 6) is 1.83. The second kappa shape index (κ2) is 9.61. The molecule has 2 N–H and O–H groups in total. The predicted octanol–water partition coefficient (Wildman–Crippen LogP) is 3.43. The number of anilines is 2. The Morgan fingerprint density at radius 2 is 1.88 bits per heavy atom. The highest BCUT2D eigenvalue weighted by atomic mass is 16.5. The first-order valence-electron chi connectivity index (χ1n) is 10.5. The van der Waals surface area contributed by atoms with Crippen LogP contribution in [0, 0.1) is 6.92 Å². The van der Waals surface area contributed by atoms with Crippen molar-refractivity contribution >= 4 is 17.7 Å². The highest BCUT2D eigenvalue weighted by Gasteiger charge is 2.20. The van der Waals surface area contributed by atoms with Gasteiger partial charge in [0.15, 0.2) is 0 Å². The number of nitrogens with zero attached hydrogens (tertiary/aromatic N) is 5. The average molecular weight is 463 g/mol. The molecule has 0 spiro atoms. The van der Waals surface area contributed by atoms with Crippen LogP contribution >= 0.6 is 0 Å². The van der Waals surface area contributed by atoms with E-state index in [2.05, 4.69) is 30.7 Å². The molecule has 3 heterocycles. The minimum absolute atomic E-state index is 0.0733. The Morgan fingerprint density at radius 1 is 1.15 bits per heavy atom. The lowest BCUT2D eigenvalue weighted by molar-refractivity contribution is 0.0904. The Kier molecular flexibility index (Phi) is 6.44. The number of carbonyl (C=O) groups is 1. The summed E-state index contributed by atoms with van der Waals surface area (Å²) in [4.78, 5) is 26.0. The second-order valence-corrected chi connectivity index (χ2v) is 7.57. The summed E-state index contributed by atoms with van der Waals surface area (Å²) in [6.07, 6.45) is 4.74. The second-order valence-electron chi connectivity index (χ2n) is 7.57. The fraction of sp³-hybridized carbons (Fsp3) is 0.261. The molecular formula is C23H25N7O4. The number of aromatic nitrogens is 5. The van der Waals surface area contributed by atoms with Crippen molar-refractivity contribution in [1.29, 1.82) is 0 Å². The van der Waals surface area contributed by atoms with Crippen molar-refractivity contribution in [1.82, 2.24) is 30.0 Å². The van der Waals surface area contributed by atoms with Crippen LogP contribution in [0.4, 0.5) is 11.8 Å². The molecule has 0 radical (unpaired) electrons. The molecular weight excluding hydrogens is 438 g/mol. The third kappa shape index (κ3) is 4.82. The summed E-state index contributed by atoms with van der Waals surface area (Å²) in [5.41, 5.74) is 2.57. The van der Waals surface area contributed by atoms with Crippen molar-refractivity contribution in [2.75, 3.05) is 19.5 Å². The highest BCUT2D eigenvalue weighted by molar-refractivity contribution is 5.90. The van der Waals surface area contributed by atoms with Gasteiger partial charge in [-0.15, -0.1) is 0 Å². The number of amides is 1. The molecule has 11 nitrogen and oxygen atoms in total. The van der Waals surface area contributed by atoms with Gasteiger partial charge in [0.2, 0.25) is 5.95 Å². The number of rotatable bonds is 8. The number of ether oxygens (including phenoxy) is 2. The number of benzene rings is 1. The molecule has 1 amide bonds. The van der Waals surface area contributed by atoms with Gasteiger partial charge in [-0.05, 0) is 37.1 Å². The van der Waals surface area contributed by atoms with E-state index in [-0.39, 0.29) is 11.9 Å². The number of carbonyl (C=O) groups excluding carboxylic acids is 1. The molecule has 4 rings (SSSR count). The zero-order valence-electron chi connectivity index (χ0n) is 19.5. The van der Waals surface area contributed by atoms with Crippen molar-refractivity contribution in [3.8, 4) is 22.9 Å². The number of methoxy groups -OCH3 is 2. The molecule has 0 bridgehead atoms.